The van der Waals surface area contributed by atoms with Crippen LogP contribution in [0.2, 0.25) is 0 Å². The van der Waals surface area contributed by atoms with E-state index in [2.05, 4.69) is 34.1 Å². The lowest BCUT2D eigenvalue weighted by Gasteiger charge is -2.10. The number of rotatable bonds is 11. The number of fused-ring (bicyclic) bond motifs is 1. The molecule has 0 atom stereocenters. The van der Waals surface area contributed by atoms with E-state index in [0.29, 0.717) is 16.6 Å². The van der Waals surface area contributed by atoms with Gasteiger partial charge in [0.25, 0.3) is 5.91 Å². The van der Waals surface area contributed by atoms with Crippen molar-refractivity contribution in [2.45, 2.75) is 32.2 Å². The summed E-state index contributed by atoms with van der Waals surface area (Å²) in [7, 11) is 0. The Morgan fingerprint density at radius 3 is 2.29 bits per heavy atom. The maximum atomic E-state index is 12.5. The van der Waals surface area contributed by atoms with Crippen LogP contribution in [0.3, 0.4) is 0 Å². The number of imidazole rings is 1. The third-order valence-corrected chi connectivity index (χ3v) is 6.03. The van der Waals surface area contributed by atoms with Crippen molar-refractivity contribution >= 4 is 62.7 Å². The van der Waals surface area contributed by atoms with E-state index < -0.39 is 5.97 Å². The summed E-state index contributed by atoms with van der Waals surface area (Å²) in [6.45, 7) is 0.826. The molecule has 0 fully saturated rings. The fourth-order valence-corrected chi connectivity index (χ4v) is 4.15. The first-order chi connectivity index (χ1) is 17.4. The number of carbonyl (C=O) groups excluding carboxylic acids is 1. The van der Waals surface area contributed by atoms with Crippen LogP contribution < -0.4 is 11.1 Å². The van der Waals surface area contributed by atoms with Crippen LogP contribution in [0.25, 0.3) is 22.4 Å². The minimum absolute atomic E-state index is 0. The Labute approximate surface area is 242 Å². The average Bonchev–Trinajstić information content (AvgIpc) is 3.24. The van der Waals surface area contributed by atoms with Gasteiger partial charge < -0.3 is 20.7 Å². The second-order valence-corrected chi connectivity index (χ2v) is 8.62. The van der Waals surface area contributed by atoms with Crippen LogP contribution in [0.4, 0.5) is 0 Å². The number of amides is 1. The van der Waals surface area contributed by atoms with Crippen LogP contribution >= 0.6 is 34.0 Å². The number of hydrogen-bond acceptors (Lipinski definition) is 4. The molecule has 1 amide bonds. The number of nitrogens with zero attached hydrogens (tertiary/aromatic N) is 2. The van der Waals surface area contributed by atoms with Crippen LogP contribution in [-0.2, 0) is 17.8 Å². The first kappa shape index (κ1) is 30.7. The fraction of sp³-hybridized carbons (Fsp3) is 0.214. The predicted octanol–water partition coefficient (Wildman–Crippen LogP) is 5.37. The van der Waals surface area contributed by atoms with Gasteiger partial charge in [-0.2, -0.15) is 0 Å². The van der Waals surface area contributed by atoms with E-state index in [9.17, 15) is 9.59 Å². The van der Waals surface area contributed by atoms with Gasteiger partial charge in [-0.05, 0) is 43.0 Å². The SMILES string of the molecule is Br.Br.N=C(N)c1ccc(-c2nc3cc(C(=O)NCCC(=O)O)ccc3n2CCCCc2ccccc2)cc1. The van der Waals surface area contributed by atoms with Crippen molar-refractivity contribution in [1.29, 1.82) is 5.41 Å². The maximum absolute atomic E-state index is 12.5. The molecular weight excluding hydrogens is 614 g/mol. The molecule has 8 nitrogen and oxygen atoms in total. The van der Waals surface area contributed by atoms with Gasteiger partial charge in [0.1, 0.15) is 11.7 Å². The van der Waals surface area contributed by atoms with E-state index in [0.717, 1.165) is 42.7 Å². The topological polar surface area (TPSA) is 134 Å². The second-order valence-electron chi connectivity index (χ2n) is 8.62. The number of aliphatic carboxylic acids is 1. The minimum atomic E-state index is -0.961. The van der Waals surface area contributed by atoms with Gasteiger partial charge >= 0.3 is 5.97 Å². The molecule has 0 aliphatic carbocycles. The summed E-state index contributed by atoms with van der Waals surface area (Å²) in [6, 6.07) is 23.2. The normalized spacial score (nSPS) is 10.3. The monoisotopic (exact) mass is 643 g/mol. The van der Waals surface area contributed by atoms with Crippen LogP contribution in [0.15, 0.2) is 72.8 Å². The third-order valence-electron chi connectivity index (χ3n) is 6.03. The molecule has 10 heteroatoms. The number of benzene rings is 3. The predicted molar refractivity (Wildman–Crippen MR) is 161 cm³/mol. The summed E-state index contributed by atoms with van der Waals surface area (Å²) in [5, 5.41) is 19.1. The van der Waals surface area contributed by atoms with Gasteiger partial charge in [-0.25, -0.2) is 4.98 Å². The molecule has 38 heavy (non-hydrogen) atoms. The highest BCUT2D eigenvalue weighted by Crippen LogP contribution is 2.27. The van der Waals surface area contributed by atoms with Crippen LogP contribution in [0.5, 0.6) is 0 Å². The third kappa shape index (κ3) is 7.75. The van der Waals surface area contributed by atoms with E-state index in [-0.39, 0.29) is 58.7 Å². The summed E-state index contributed by atoms with van der Waals surface area (Å²) in [4.78, 5) is 28.1. The van der Waals surface area contributed by atoms with Gasteiger partial charge in [-0.15, -0.1) is 34.0 Å². The summed E-state index contributed by atoms with van der Waals surface area (Å²) in [5.41, 5.74) is 10.5. The van der Waals surface area contributed by atoms with Crippen molar-refractivity contribution in [3.63, 3.8) is 0 Å². The second kappa shape index (κ2) is 14.4. The highest BCUT2D eigenvalue weighted by Gasteiger charge is 2.15. The highest BCUT2D eigenvalue weighted by atomic mass is 79.9. The molecule has 3 aromatic carbocycles. The summed E-state index contributed by atoms with van der Waals surface area (Å²) in [6.07, 6.45) is 2.84. The smallest absolute Gasteiger partial charge is 0.305 e. The number of amidine groups is 1. The Morgan fingerprint density at radius 2 is 1.63 bits per heavy atom. The lowest BCUT2D eigenvalue weighted by atomic mass is 10.1. The van der Waals surface area contributed by atoms with Crippen molar-refractivity contribution in [1.82, 2.24) is 14.9 Å². The molecule has 0 aliphatic rings. The zero-order valence-corrected chi connectivity index (χ0v) is 24.1. The number of nitrogen functional groups attached to an aromatic ring is 1. The molecule has 0 radical (unpaired) electrons. The largest absolute Gasteiger partial charge is 0.481 e. The van der Waals surface area contributed by atoms with Gasteiger partial charge in [0.05, 0.1) is 17.5 Å². The standard InChI is InChI=1S/C28H29N5O3.2BrH/c29-26(30)20-9-11-21(12-10-20)27-32-23-18-22(28(36)31-16-15-25(34)35)13-14-24(23)33(27)17-5-4-8-19-6-2-1-3-7-19;;/h1-3,6-7,9-14,18H,4-5,8,15-17H2,(H3,29,30)(H,31,36)(H,34,35);2*1H. The molecule has 200 valence electrons. The molecule has 0 bridgehead atoms. The van der Waals surface area contributed by atoms with Crippen molar-refractivity contribution in [2.24, 2.45) is 5.73 Å². The lowest BCUT2D eigenvalue weighted by molar-refractivity contribution is -0.136. The molecule has 0 saturated carbocycles. The first-order valence-electron chi connectivity index (χ1n) is 11.9. The molecule has 0 spiro atoms. The summed E-state index contributed by atoms with van der Waals surface area (Å²) >= 11 is 0. The first-order valence-corrected chi connectivity index (χ1v) is 11.9. The number of hydrogen-bond donors (Lipinski definition) is 4. The molecule has 1 heterocycles. The van der Waals surface area contributed by atoms with Crippen LogP contribution in [0.1, 0.15) is 40.7 Å². The van der Waals surface area contributed by atoms with Crippen molar-refractivity contribution in [2.75, 3.05) is 6.54 Å². The molecular formula is C28H31Br2N5O3. The number of aryl methyl sites for hydroxylation is 2. The van der Waals surface area contributed by atoms with E-state index >= 15 is 0 Å². The molecule has 0 saturated heterocycles. The minimum Gasteiger partial charge on any atom is -0.481 e. The Kier molecular flexibility index (Phi) is 11.7. The van der Waals surface area contributed by atoms with Crippen LogP contribution in [0, 0.1) is 5.41 Å². The number of carbonyl (C=O) groups is 2. The number of nitrogens with one attached hydrogen (secondary N) is 2. The van der Waals surface area contributed by atoms with E-state index in [1.165, 1.54) is 5.56 Å². The lowest BCUT2D eigenvalue weighted by Crippen LogP contribution is -2.25. The Bertz CT molecular complexity index is 1390. The maximum Gasteiger partial charge on any atom is 0.305 e. The zero-order valence-electron chi connectivity index (χ0n) is 20.7. The van der Waals surface area contributed by atoms with Gasteiger partial charge in [0, 0.05) is 29.8 Å². The van der Waals surface area contributed by atoms with E-state index in [1.807, 2.05) is 24.3 Å². The molecule has 5 N–H and O–H groups in total. The number of carboxylic acids is 1. The molecule has 0 aliphatic heterocycles. The van der Waals surface area contributed by atoms with Crippen molar-refractivity contribution < 1.29 is 14.7 Å². The Hall–Kier alpha value is -3.50. The van der Waals surface area contributed by atoms with Crippen molar-refractivity contribution in [3.8, 4) is 11.4 Å². The summed E-state index contributed by atoms with van der Waals surface area (Å²) < 4.78 is 2.16. The number of carboxylic acid groups (broad SMARTS) is 1. The number of halogens is 2. The van der Waals surface area contributed by atoms with Gasteiger partial charge in [0.2, 0.25) is 0 Å². The Balaban J connectivity index is 0.00000253. The number of nitrogens with two attached hydrogens (primary N) is 1. The average molecular weight is 645 g/mol. The molecule has 1 aromatic heterocycles. The highest BCUT2D eigenvalue weighted by molar-refractivity contribution is 8.93. The molecule has 0 unspecified atom stereocenters. The van der Waals surface area contributed by atoms with Crippen molar-refractivity contribution in [3.05, 3.63) is 89.5 Å². The zero-order chi connectivity index (χ0) is 25.5. The van der Waals surface area contributed by atoms with Gasteiger partial charge in [-0.1, -0.05) is 54.6 Å². The quantitative estimate of drug-likeness (QED) is 0.0989. The molecule has 4 aromatic rings. The van der Waals surface area contributed by atoms with Gasteiger partial charge in [0.15, 0.2) is 0 Å². The summed E-state index contributed by atoms with van der Waals surface area (Å²) in [5.74, 6) is -0.502. The van der Waals surface area contributed by atoms with Gasteiger partial charge in [-0.3, -0.25) is 15.0 Å². The molecule has 4 rings (SSSR count). The number of unbranched alkanes of at least 4 members (excludes halogenated alkanes) is 1. The van der Waals surface area contributed by atoms with E-state index in [1.54, 1.807) is 24.3 Å². The van der Waals surface area contributed by atoms with E-state index in [4.69, 9.17) is 21.2 Å². The Morgan fingerprint density at radius 1 is 0.947 bits per heavy atom. The fourth-order valence-electron chi connectivity index (χ4n) is 4.15. The van der Waals surface area contributed by atoms with Crippen LogP contribution in [-0.4, -0.2) is 38.9 Å². The number of aromatic nitrogens is 2.